The number of rotatable bonds is 6. The minimum absolute atomic E-state index is 0.276. The first kappa shape index (κ1) is 13.8. The van der Waals surface area contributed by atoms with Crippen molar-refractivity contribution >= 4 is 0 Å². The van der Waals surface area contributed by atoms with Gasteiger partial charge in [0.15, 0.2) is 0 Å². The third-order valence-electron chi connectivity index (χ3n) is 3.47. The first-order chi connectivity index (χ1) is 9.15. The van der Waals surface area contributed by atoms with Gasteiger partial charge in [-0.15, -0.1) is 0 Å². The van der Waals surface area contributed by atoms with Crippen molar-refractivity contribution < 1.29 is 0 Å². The van der Waals surface area contributed by atoms with Crippen molar-refractivity contribution in [3.8, 4) is 0 Å². The second kappa shape index (κ2) is 6.02. The molecule has 0 fully saturated rings. The number of nitrogens with zero attached hydrogens (tertiary/aromatic N) is 4. The summed E-state index contributed by atoms with van der Waals surface area (Å²) in [5, 5.41) is 12.3. The van der Waals surface area contributed by atoms with E-state index in [4.69, 9.17) is 0 Å². The number of nitrogens with one attached hydrogen (secondary N) is 1. The summed E-state index contributed by atoms with van der Waals surface area (Å²) >= 11 is 0. The lowest BCUT2D eigenvalue weighted by Crippen LogP contribution is -2.25. The lowest BCUT2D eigenvalue weighted by Gasteiger charge is -2.18. The maximum Gasteiger partial charge on any atom is 0.0624 e. The van der Waals surface area contributed by atoms with Crippen molar-refractivity contribution in [2.45, 2.75) is 32.7 Å². The molecule has 0 aromatic carbocycles. The van der Waals surface area contributed by atoms with Gasteiger partial charge >= 0.3 is 0 Å². The van der Waals surface area contributed by atoms with Crippen molar-refractivity contribution in [3.05, 3.63) is 35.4 Å². The van der Waals surface area contributed by atoms with Gasteiger partial charge in [0.1, 0.15) is 0 Å². The molecule has 0 aliphatic heterocycles. The second-order valence-corrected chi connectivity index (χ2v) is 4.80. The van der Waals surface area contributed by atoms with Crippen LogP contribution in [0.25, 0.3) is 0 Å². The third kappa shape index (κ3) is 3.04. The van der Waals surface area contributed by atoms with Crippen molar-refractivity contribution in [2.24, 2.45) is 14.1 Å². The predicted molar refractivity (Wildman–Crippen MR) is 75.9 cm³/mol. The average molecular weight is 261 g/mol. The maximum atomic E-state index is 4.51. The lowest BCUT2D eigenvalue weighted by atomic mass is 10.1. The first-order valence-corrected chi connectivity index (χ1v) is 6.88. The summed E-state index contributed by atoms with van der Waals surface area (Å²) in [6.45, 7) is 5.20. The maximum absolute atomic E-state index is 4.51. The molecule has 0 amide bonds. The van der Waals surface area contributed by atoms with E-state index in [2.05, 4.69) is 41.5 Å². The van der Waals surface area contributed by atoms with E-state index in [-0.39, 0.29) is 6.04 Å². The molecule has 0 aliphatic carbocycles. The van der Waals surface area contributed by atoms with Crippen molar-refractivity contribution in [1.29, 1.82) is 0 Å². The fourth-order valence-corrected chi connectivity index (χ4v) is 2.40. The predicted octanol–water partition coefficient (Wildman–Crippen LogP) is 1.61. The Hall–Kier alpha value is -1.62. The molecule has 2 heterocycles. The fraction of sp³-hybridized carbons (Fsp3) is 0.571. The van der Waals surface area contributed by atoms with Crippen LogP contribution in [0.15, 0.2) is 18.3 Å². The van der Waals surface area contributed by atoms with Gasteiger partial charge in [-0.25, -0.2) is 0 Å². The van der Waals surface area contributed by atoms with Gasteiger partial charge in [-0.1, -0.05) is 13.8 Å². The van der Waals surface area contributed by atoms with E-state index in [0.717, 1.165) is 25.1 Å². The molecular weight excluding hydrogens is 238 g/mol. The van der Waals surface area contributed by atoms with E-state index < -0.39 is 0 Å². The average Bonchev–Trinajstić information content (AvgIpc) is 2.96. The highest BCUT2D eigenvalue weighted by Gasteiger charge is 2.17. The number of likely N-dealkylation sites (N-methyl/N-ethyl adjacent to an activating group) is 1. The Kier molecular flexibility index (Phi) is 4.37. The van der Waals surface area contributed by atoms with Gasteiger partial charge in [-0.3, -0.25) is 9.36 Å². The van der Waals surface area contributed by atoms with Gasteiger partial charge in [0.05, 0.1) is 17.4 Å². The van der Waals surface area contributed by atoms with Gasteiger partial charge in [-0.2, -0.15) is 10.2 Å². The Balaban J connectivity index is 2.21. The van der Waals surface area contributed by atoms with Gasteiger partial charge in [0.25, 0.3) is 0 Å². The summed E-state index contributed by atoms with van der Waals surface area (Å²) in [6, 6.07) is 4.54. The zero-order valence-electron chi connectivity index (χ0n) is 12.2. The Morgan fingerprint density at radius 3 is 2.58 bits per heavy atom. The first-order valence-electron chi connectivity index (χ1n) is 6.88. The minimum Gasteiger partial charge on any atom is -0.309 e. The van der Waals surface area contributed by atoms with E-state index in [0.29, 0.717) is 0 Å². The number of aromatic nitrogens is 4. The monoisotopic (exact) mass is 261 g/mol. The smallest absolute Gasteiger partial charge is 0.0624 e. The van der Waals surface area contributed by atoms with Crippen LogP contribution in [0, 0.1) is 0 Å². The minimum atomic E-state index is 0.276. The molecule has 5 nitrogen and oxygen atoms in total. The molecule has 0 saturated carbocycles. The Labute approximate surface area is 114 Å². The molecule has 0 bridgehead atoms. The van der Waals surface area contributed by atoms with Crippen LogP contribution in [0.1, 0.15) is 37.0 Å². The molecule has 2 rings (SSSR count). The topological polar surface area (TPSA) is 47.7 Å². The summed E-state index contributed by atoms with van der Waals surface area (Å²) in [5.74, 6) is 0. The van der Waals surface area contributed by atoms with Gasteiger partial charge in [-0.05, 0) is 25.1 Å². The zero-order valence-corrected chi connectivity index (χ0v) is 12.2. The molecule has 1 atom stereocenters. The highest BCUT2D eigenvalue weighted by molar-refractivity contribution is 5.16. The van der Waals surface area contributed by atoms with Crippen LogP contribution in [-0.2, 0) is 26.9 Å². The molecule has 2 aromatic heterocycles. The van der Waals surface area contributed by atoms with Crippen LogP contribution in [0.3, 0.4) is 0 Å². The normalized spacial score (nSPS) is 12.8. The summed E-state index contributed by atoms with van der Waals surface area (Å²) in [4.78, 5) is 0. The van der Waals surface area contributed by atoms with Crippen molar-refractivity contribution in [3.63, 3.8) is 0 Å². The van der Waals surface area contributed by atoms with E-state index in [1.165, 1.54) is 11.4 Å². The van der Waals surface area contributed by atoms with Crippen LogP contribution in [0.5, 0.6) is 0 Å². The van der Waals surface area contributed by atoms with Gasteiger partial charge < -0.3 is 5.32 Å². The summed E-state index contributed by atoms with van der Waals surface area (Å²) < 4.78 is 3.92. The fourth-order valence-electron chi connectivity index (χ4n) is 2.40. The SMILES string of the molecule is CCNC(Cc1cc(CC)nn1C)c1ccnn1C. The zero-order chi connectivity index (χ0) is 13.8. The largest absolute Gasteiger partial charge is 0.309 e. The molecule has 104 valence electrons. The number of hydrogen-bond acceptors (Lipinski definition) is 3. The van der Waals surface area contributed by atoms with Crippen LogP contribution in [0.4, 0.5) is 0 Å². The molecule has 5 heteroatoms. The van der Waals surface area contributed by atoms with Crippen LogP contribution < -0.4 is 5.32 Å². The Morgan fingerprint density at radius 2 is 2.05 bits per heavy atom. The van der Waals surface area contributed by atoms with Crippen LogP contribution >= 0.6 is 0 Å². The molecule has 0 saturated heterocycles. The van der Waals surface area contributed by atoms with Gasteiger partial charge in [0.2, 0.25) is 0 Å². The molecule has 0 radical (unpaired) electrons. The Bertz CT molecular complexity index is 526. The summed E-state index contributed by atoms with van der Waals surface area (Å²) in [6.07, 6.45) is 3.75. The van der Waals surface area contributed by atoms with Crippen molar-refractivity contribution in [1.82, 2.24) is 24.9 Å². The highest BCUT2D eigenvalue weighted by Crippen LogP contribution is 2.18. The van der Waals surface area contributed by atoms with E-state index in [1.54, 1.807) is 0 Å². The molecule has 0 aliphatic rings. The van der Waals surface area contributed by atoms with Gasteiger partial charge in [0, 0.05) is 32.4 Å². The number of hydrogen-bond donors (Lipinski definition) is 1. The molecule has 2 aromatic rings. The second-order valence-electron chi connectivity index (χ2n) is 4.80. The lowest BCUT2D eigenvalue weighted by molar-refractivity contribution is 0.493. The number of aryl methyl sites for hydroxylation is 3. The van der Waals surface area contributed by atoms with E-state index in [1.807, 2.05) is 29.7 Å². The van der Waals surface area contributed by atoms with Crippen molar-refractivity contribution in [2.75, 3.05) is 6.54 Å². The molecule has 1 N–H and O–H groups in total. The molecule has 19 heavy (non-hydrogen) atoms. The van der Waals surface area contributed by atoms with Crippen LogP contribution in [-0.4, -0.2) is 26.1 Å². The highest BCUT2D eigenvalue weighted by atomic mass is 15.3. The summed E-state index contributed by atoms with van der Waals surface area (Å²) in [7, 11) is 4.00. The molecule has 0 spiro atoms. The molecule has 1 unspecified atom stereocenters. The van der Waals surface area contributed by atoms with E-state index in [9.17, 15) is 0 Å². The molecular formula is C14H23N5. The standard InChI is InChI=1S/C14H23N5/c1-5-11-9-12(18(3)17-11)10-13(15-6-2)14-7-8-16-19(14)4/h7-9,13,15H,5-6,10H2,1-4H3. The van der Waals surface area contributed by atoms with Crippen LogP contribution in [0.2, 0.25) is 0 Å². The summed E-state index contributed by atoms with van der Waals surface area (Å²) in [5.41, 5.74) is 3.61. The third-order valence-corrected chi connectivity index (χ3v) is 3.47. The quantitative estimate of drug-likeness (QED) is 0.859. The Morgan fingerprint density at radius 1 is 1.26 bits per heavy atom. The van der Waals surface area contributed by atoms with E-state index >= 15 is 0 Å².